The highest BCUT2D eigenvalue weighted by atomic mass is 16.6. The molecule has 28 heavy (non-hydrogen) atoms. The summed E-state index contributed by atoms with van der Waals surface area (Å²) in [6.07, 6.45) is 8.28. The third kappa shape index (κ3) is 2.53. The van der Waals surface area contributed by atoms with Crippen LogP contribution in [0.2, 0.25) is 0 Å². The van der Waals surface area contributed by atoms with Gasteiger partial charge in [0.15, 0.2) is 11.5 Å². The second kappa shape index (κ2) is 6.38. The van der Waals surface area contributed by atoms with Gasteiger partial charge in [-0.1, -0.05) is 12.1 Å². The summed E-state index contributed by atoms with van der Waals surface area (Å²) in [4.78, 5) is 21.3. The lowest BCUT2D eigenvalue weighted by molar-refractivity contribution is 0.0212. The quantitative estimate of drug-likeness (QED) is 0.650. The van der Waals surface area contributed by atoms with Crippen molar-refractivity contribution in [3.05, 3.63) is 53.6 Å². The van der Waals surface area contributed by atoms with Crippen LogP contribution in [0.4, 0.5) is 0 Å². The molecule has 1 aromatic carbocycles. The molecule has 2 aromatic rings. The fourth-order valence-electron chi connectivity index (χ4n) is 4.72. The molecule has 0 saturated carbocycles. The molecule has 7 nitrogen and oxygen atoms in total. The third-order valence-corrected chi connectivity index (χ3v) is 6.11. The maximum absolute atomic E-state index is 12.3. The van der Waals surface area contributed by atoms with Crippen molar-refractivity contribution in [1.29, 1.82) is 0 Å². The van der Waals surface area contributed by atoms with Crippen LogP contribution in [0.3, 0.4) is 0 Å². The molecule has 3 aliphatic rings. The fraction of sp³-hybridized carbons (Fsp3) is 0.429. The zero-order chi connectivity index (χ0) is 19.3. The van der Waals surface area contributed by atoms with Gasteiger partial charge in [0.25, 0.3) is 0 Å². The molecule has 1 spiro atoms. The summed E-state index contributed by atoms with van der Waals surface area (Å²) in [5.74, 6) is 1.19. The molecular formula is C21H23N3O4. The van der Waals surface area contributed by atoms with Crippen molar-refractivity contribution in [2.24, 2.45) is 0 Å². The number of rotatable bonds is 3. The van der Waals surface area contributed by atoms with Gasteiger partial charge in [-0.3, -0.25) is 0 Å². The van der Waals surface area contributed by atoms with Crippen LogP contribution in [0.25, 0.3) is 0 Å². The summed E-state index contributed by atoms with van der Waals surface area (Å²) in [5.41, 5.74) is 2.65. The van der Waals surface area contributed by atoms with Gasteiger partial charge in [-0.05, 0) is 37.7 Å². The number of esters is 1. The van der Waals surface area contributed by atoms with Gasteiger partial charge in [-0.15, -0.1) is 0 Å². The van der Waals surface area contributed by atoms with E-state index >= 15 is 0 Å². The summed E-state index contributed by atoms with van der Waals surface area (Å²) in [7, 11) is 3.82. The van der Waals surface area contributed by atoms with Crippen molar-refractivity contribution in [2.75, 3.05) is 20.7 Å². The van der Waals surface area contributed by atoms with Gasteiger partial charge in [-0.25, -0.2) is 9.78 Å². The van der Waals surface area contributed by atoms with Gasteiger partial charge in [-0.2, -0.15) is 0 Å². The molecule has 3 heterocycles. The number of imidazole rings is 1. The minimum absolute atomic E-state index is 0.0892. The average molecular weight is 381 g/mol. The topological polar surface area (TPSA) is 76.7 Å². The fourth-order valence-corrected chi connectivity index (χ4v) is 4.72. The summed E-state index contributed by atoms with van der Waals surface area (Å²) < 4.78 is 17.7. The van der Waals surface area contributed by atoms with Crippen LogP contribution in [0.1, 0.15) is 34.5 Å². The van der Waals surface area contributed by atoms with Gasteiger partial charge >= 0.3 is 5.97 Å². The first kappa shape index (κ1) is 17.3. The van der Waals surface area contributed by atoms with Crippen LogP contribution >= 0.6 is 0 Å². The SMILES string of the molecule is COc1ccc2c3c1O[C@H]1CC(OC(=O)c4cnc[nH]4)C=C[C@@]31CCN(C)C2. The van der Waals surface area contributed by atoms with Crippen molar-refractivity contribution in [3.63, 3.8) is 0 Å². The monoisotopic (exact) mass is 381 g/mol. The normalized spacial score (nSPS) is 28.1. The zero-order valence-electron chi connectivity index (χ0n) is 16.0. The molecule has 0 fully saturated rings. The largest absolute Gasteiger partial charge is 0.493 e. The van der Waals surface area contributed by atoms with Crippen molar-refractivity contribution >= 4 is 5.97 Å². The van der Waals surface area contributed by atoms with Crippen LogP contribution in [0.15, 0.2) is 36.8 Å². The van der Waals surface area contributed by atoms with E-state index in [9.17, 15) is 4.79 Å². The molecule has 2 aliphatic heterocycles. The van der Waals surface area contributed by atoms with Crippen molar-refractivity contribution < 1.29 is 19.0 Å². The number of ether oxygens (including phenoxy) is 3. The molecule has 0 radical (unpaired) electrons. The van der Waals surface area contributed by atoms with Gasteiger partial charge in [0.05, 0.1) is 25.0 Å². The number of nitrogens with one attached hydrogen (secondary N) is 1. The number of hydrogen-bond donors (Lipinski definition) is 1. The smallest absolute Gasteiger partial charge is 0.356 e. The van der Waals surface area contributed by atoms with Crippen LogP contribution in [0.5, 0.6) is 11.5 Å². The second-order valence-electron chi connectivity index (χ2n) is 7.77. The minimum Gasteiger partial charge on any atom is -0.493 e. The Morgan fingerprint density at radius 2 is 2.32 bits per heavy atom. The van der Waals surface area contributed by atoms with Crippen molar-refractivity contribution in [3.8, 4) is 11.5 Å². The Balaban J connectivity index is 1.50. The van der Waals surface area contributed by atoms with Crippen LogP contribution in [0, 0.1) is 0 Å². The number of carbonyl (C=O) groups is 1. The molecule has 146 valence electrons. The molecule has 1 N–H and O–H groups in total. The van der Waals surface area contributed by atoms with Gasteiger partial charge < -0.3 is 24.1 Å². The maximum Gasteiger partial charge on any atom is 0.356 e. The van der Waals surface area contributed by atoms with Crippen LogP contribution in [-0.2, 0) is 16.7 Å². The summed E-state index contributed by atoms with van der Waals surface area (Å²) in [5, 5.41) is 0. The molecule has 0 saturated heterocycles. The van der Waals surface area contributed by atoms with E-state index in [0.29, 0.717) is 12.1 Å². The van der Waals surface area contributed by atoms with E-state index < -0.39 is 5.97 Å². The molecule has 1 unspecified atom stereocenters. The Hall–Kier alpha value is -2.80. The maximum atomic E-state index is 12.3. The first-order valence-electron chi connectivity index (χ1n) is 9.55. The highest BCUT2D eigenvalue weighted by Gasteiger charge is 2.53. The van der Waals surface area contributed by atoms with E-state index in [4.69, 9.17) is 14.2 Å². The highest BCUT2D eigenvalue weighted by Crippen LogP contribution is 2.55. The first-order valence-corrected chi connectivity index (χ1v) is 9.55. The Morgan fingerprint density at radius 1 is 1.43 bits per heavy atom. The number of aromatic nitrogens is 2. The Bertz CT molecular complexity index is 939. The molecule has 5 rings (SSSR count). The number of methoxy groups -OCH3 is 1. The standard InChI is InChI=1S/C21H23N3O4/c1-24-8-7-21-6-5-14(27-20(25)15-10-22-12-23-15)9-17(21)28-19-16(26-2)4-3-13(11-24)18(19)21/h3-6,10,12,14,17H,7-9,11H2,1-2H3,(H,22,23)/t14?,17-,21-/m0/s1. The summed E-state index contributed by atoms with van der Waals surface area (Å²) >= 11 is 0. The van der Waals surface area contributed by atoms with E-state index in [-0.39, 0.29) is 17.6 Å². The predicted octanol–water partition coefficient (Wildman–Crippen LogP) is 2.44. The highest BCUT2D eigenvalue weighted by molar-refractivity contribution is 5.87. The van der Waals surface area contributed by atoms with Gasteiger partial charge in [0, 0.05) is 18.5 Å². The van der Waals surface area contributed by atoms with Crippen molar-refractivity contribution in [2.45, 2.75) is 37.0 Å². The lowest BCUT2D eigenvalue weighted by Crippen LogP contribution is -2.43. The molecule has 7 heteroatoms. The van der Waals surface area contributed by atoms with E-state index in [1.165, 1.54) is 23.7 Å². The number of nitrogens with zero attached hydrogens (tertiary/aromatic N) is 2. The number of carbonyl (C=O) groups excluding carboxylic acids is 1. The molecule has 1 aliphatic carbocycles. The van der Waals surface area contributed by atoms with Gasteiger partial charge in [0.1, 0.15) is 17.9 Å². The van der Waals surface area contributed by atoms with E-state index in [0.717, 1.165) is 31.0 Å². The minimum atomic E-state index is -0.405. The number of H-pyrrole nitrogens is 1. The summed E-state index contributed by atoms with van der Waals surface area (Å²) in [6.45, 7) is 1.86. The lowest BCUT2D eigenvalue weighted by atomic mass is 9.69. The van der Waals surface area contributed by atoms with Crippen LogP contribution in [-0.4, -0.2) is 53.7 Å². The molecule has 1 aromatic heterocycles. The lowest BCUT2D eigenvalue weighted by Gasteiger charge is -2.36. The average Bonchev–Trinajstić information content (AvgIpc) is 3.30. The van der Waals surface area contributed by atoms with Crippen LogP contribution < -0.4 is 9.47 Å². The molecule has 0 amide bonds. The van der Waals surface area contributed by atoms with Gasteiger partial charge in [0.2, 0.25) is 0 Å². The first-order chi connectivity index (χ1) is 13.6. The Labute approximate surface area is 163 Å². The van der Waals surface area contributed by atoms with E-state index in [1.54, 1.807) is 7.11 Å². The number of benzene rings is 1. The summed E-state index contributed by atoms with van der Waals surface area (Å²) in [6, 6.07) is 4.13. The Kier molecular flexibility index (Phi) is 3.94. The zero-order valence-corrected chi connectivity index (χ0v) is 16.0. The molecule has 0 bridgehead atoms. The van der Waals surface area contributed by atoms with E-state index in [2.05, 4.69) is 34.1 Å². The second-order valence-corrected chi connectivity index (χ2v) is 7.77. The van der Waals surface area contributed by atoms with E-state index in [1.807, 2.05) is 12.1 Å². The Morgan fingerprint density at radius 3 is 3.11 bits per heavy atom. The molecular weight excluding hydrogens is 358 g/mol. The predicted molar refractivity (Wildman–Crippen MR) is 102 cm³/mol. The number of aromatic amines is 1. The number of hydrogen-bond acceptors (Lipinski definition) is 6. The third-order valence-electron chi connectivity index (χ3n) is 6.11. The van der Waals surface area contributed by atoms with Crippen molar-refractivity contribution in [1.82, 2.24) is 14.9 Å². The molecule has 3 atom stereocenters.